The lowest BCUT2D eigenvalue weighted by molar-refractivity contribution is -0.117. The van der Waals surface area contributed by atoms with Gasteiger partial charge in [0.15, 0.2) is 0 Å². The number of hydrogen-bond donors (Lipinski definition) is 0. The van der Waals surface area contributed by atoms with Crippen molar-refractivity contribution in [2.75, 3.05) is 0 Å². The Hall–Kier alpha value is -2.35. The van der Waals surface area contributed by atoms with Crippen LogP contribution in [0.1, 0.15) is 24.6 Å². The van der Waals surface area contributed by atoms with Gasteiger partial charge >= 0.3 is 0 Å². The third kappa shape index (κ3) is 3.05. The van der Waals surface area contributed by atoms with E-state index >= 15 is 0 Å². The van der Waals surface area contributed by atoms with Gasteiger partial charge in [-0.05, 0) is 36.4 Å². The van der Waals surface area contributed by atoms with Crippen LogP contribution in [0.3, 0.4) is 0 Å². The minimum atomic E-state index is 0.242. The van der Waals surface area contributed by atoms with Crippen LogP contribution in [0.4, 0.5) is 0 Å². The topological polar surface area (TPSA) is 22.0 Å². The van der Waals surface area contributed by atoms with Gasteiger partial charge in [0, 0.05) is 24.2 Å². The standard InChI is InChI=1S/C19H19NO/c1-15(21)11-12-18-13-17-9-5-6-10-19(17)20(18)14-16-7-3-2-4-8-16/h2-10,13H,11-12,14H2,1H3. The number of hydrogen-bond acceptors (Lipinski definition) is 1. The zero-order valence-corrected chi connectivity index (χ0v) is 12.3. The van der Waals surface area contributed by atoms with Crippen molar-refractivity contribution in [3.63, 3.8) is 0 Å². The van der Waals surface area contributed by atoms with Crippen LogP contribution in [0.2, 0.25) is 0 Å². The Kier molecular flexibility index (Phi) is 3.87. The van der Waals surface area contributed by atoms with Gasteiger partial charge in [0.25, 0.3) is 0 Å². The van der Waals surface area contributed by atoms with Gasteiger partial charge in [-0.3, -0.25) is 0 Å². The lowest BCUT2D eigenvalue weighted by atomic mass is 10.1. The Labute approximate surface area is 125 Å². The van der Waals surface area contributed by atoms with Crippen molar-refractivity contribution < 1.29 is 4.79 Å². The summed E-state index contributed by atoms with van der Waals surface area (Å²) >= 11 is 0. The number of ketones is 1. The molecule has 0 saturated heterocycles. The molecular formula is C19H19NO. The van der Waals surface area contributed by atoms with E-state index in [1.54, 1.807) is 6.92 Å². The third-order valence-electron chi connectivity index (χ3n) is 3.81. The van der Waals surface area contributed by atoms with Crippen LogP contribution in [0.5, 0.6) is 0 Å². The third-order valence-corrected chi connectivity index (χ3v) is 3.81. The average molecular weight is 277 g/mol. The van der Waals surface area contributed by atoms with Crippen molar-refractivity contribution in [2.24, 2.45) is 0 Å². The molecule has 0 aliphatic rings. The highest BCUT2D eigenvalue weighted by Crippen LogP contribution is 2.22. The molecule has 0 aliphatic heterocycles. The zero-order chi connectivity index (χ0) is 14.7. The van der Waals surface area contributed by atoms with Gasteiger partial charge < -0.3 is 9.36 Å². The van der Waals surface area contributed by atoms with E-state index < -0.39 is 0 Å². The van der Waals surface area contributed by atoms with Crippen molar-refractivity contribution in [1.82, 2.24) is 4.57 Å². The van der Waals surface area contributed by atoms with E-state index in [0.29, 0.717) is 6.42 Å². The van der Waals surface area contributed by atoms with E-state index in [9.17, 15) is 4.79 Å². The van der Waals surface area contributed by atoms with Crippen LogP contribution in [-0.2, 0) is 17.8 Å². The lowest BCUT2D eigenvalue weighted by Crippen LogP contribution is -2.05. The first-order chi connectivity index (χ1) is 10.2. The molecule has 0 aliphatic carbocycles. The van der Waals surface area contributed by atoms with Gasteiger partial charge in [0.2, 0.25) is 0 Å². The monoisotopic (exact) mass is 277 g/mol. The molecule has 106 valence electrons. The van der Waals surface area contributed by atoms with Crippen molar-refractivity contribution >= 4 is 16.7 Å². The molecule has 0 radical (unpaired) electrons. The summed E-state index contributed by atoms with van der Waals surface area (Å²) in [5.74, 6) is 0.242. The number of benzene rings is 2. The van der Waals surface area contributed by atoms with Crippen LogP contribution in [0.15, 0.2) is 60.7 Å². The second kappa shape index (κ2) is 5.96. The quantitative estimate of drug-likeness (QED) is 0.684. The minimum Gasteiger partial charge on any atom is -0.340 e. The van der Waals surface area contributed by atoms with Gasteiger partial charge in [-0.25, -0.2) is 0 Å². The normalized spacial score (nSPS) is 10.9. The smallest absolute Gasteiger partial charge is 0.130 e. The fourth-order valence-electron chi connectivity index (χ4n) is 2.73. The highest BCUT2D eigenvalue weighted by Gasteiger charge is 2.09. The molecule has 2 nitrogen and oxygen atoms in total. The number of aromatic nitrogens is 1. The number of Topliss-reactive ketones (excluding diaryl/α,β-unsaturated/α-hetero) is 1. The van der Waals surface area contributed by atoms with Gasteiger partial charge in [-0.15, -0.1) is 0 Å². The number of para-hydroxylation sites is 1. The Morgan fingerprint density at radius 1 is 1.00 bits per heavy atom. The maximum atomic E-state index is 11.3. The number of aryl methyl sites for hydroxylation is 1. The summed E-state index contributed by atoms with van der Waals surface area (Å²) in [6.07, 6.45) is 1.40. The van der Waals surface area contributed by atoms with E-state index in [1.165, 1.54) is 22.2 Å². The lowest BCUT2D eigenvalue weighted by Gasteiger charge is -2.10. The first-order valence-electron chi connectivity index (χ1n) is 7.34. The summed E-state index contributed by atoms with van der Waals surface area (Å²) < 4.78 is 2.33. The van der Waals surface area contributed by atoms with Gasteiger partial charge in [-0.2, -0.15) is 0 Å². The molecule has 0 fully saturated rings. The van der Waals surface area contributed by atoms with Crippen LogP contribution < -0.4 is 0 Å². The van der Waals surface area contributed by atoms with Gasteiger partial charge in [0.1, 0.15) is 5.78 Å². The Balaban J connectivity index is 2.00. The van der Waals surface area contributed by atoms with Crippen molar-refractivity contribution in [2.45, 2.75) is 26.3 Å². The van der Waals surface area contributed by atoms with Gasteiger partial charge in [-0.1, -0.05) is 48.5 Å². The predicted molar refractivity (Wildman–Crippen MR) is 86.5 cm³/mol. The summed E-state index contributed by atoms with van der Waals surface area (Å²) in [4.78, 5) is 11.3. The minimum absolute atomic E-state index is 0.242. The molecule has 0 spiro atoms. The fraction of sp³-hybridized carbons (Fsp3) is 0.211. The summed E-state index contributed by atoms with van der Waals surface area (Å²) in [7, 11) is 0. The second-order valence-electron chi connectivity index (χ2n) is 5.47. The highest BCUT2D eigenvalue weighted by atomic mass is 16.1. The molecule has 0 bridgehead atoms. The number of rotatable bonds is 5. The van der Waals surface area contributed by atoms with E-state index in [-0.39, 0.29) is 5.78 Å². The Bertz CT molecular complexity index is 756. The van der Waals surface area contributed by atoms with E-state index in [4.69, 9.17) is 0 Å². The Morgan fingerprint density at radius 3 is 2.48 bits per heavy atom. The number of carbonyl (C=O) groups excluding carboxylic acids is 1. The second-order valence-corrected chi connectivity index (χ2v) is 5.47. The molecule has 21 heavy (non-hydrogen) atoms. The molecule has 3 aromatic rings. The molecule has 2 heteroatoms. The van der Waals surface area contributed by atoms with Crippen molar-refractivity contribution in [3.8, 4) is 0 Å². The molecule has 0 amide bonds. The van der Waals surface area contributed by atoms with E-state index in [0.717, 1.165) is 13.0 Å². The van der Waals surface area contributed by atoms with Gasteiger partial charge in [0.05, 0.1) is 0 Å². The van der Waals surface area contributed by atoms with E-state index in [2.05, 4.69) is 59.2 Å². The number of fused-ring (bicyclic) bond motifs is 1. The number of carbonyl (C=O) groups is 1. The largest absolute Gasteiger partial charge is 0.340 e. The maximum absolute atomic E-state index is 11.3. The zero-order valence-electron chi connectivity index (χ0n) is 12.3. The first kappa shape index (κ1) is 13.6. The molecule has 3 rings (SSSR count). The molecule has 1 heterocycles. The molecule has 0 saturated carbocycles. The Morgan fingerprint density at radius 2 is 1.71 bits per heavy atom. The van der Waals surface area contributed by atoms with Crippen molar-refractivity contribution in [1.29, 1.82) is 0 Å². The number of nitrogens with zero attached hydrogens (tertiary/aromatic N) is 1. The van der Waals surface area contributed by atoms with Crippen LogP contribution in [-0.4, -0.2) is 10.4 Å². The molecule has 0 atom stereocenters. The van der Waals surface area contributed by atoms with Crippen molar-refractivity contribution in [3.05, 3.63) is 71.9 Å². The summed E-state index contributed by atoms with van der Waals surface area (Å²) in [6, 6.07) is 21.1. The predicted octanol–water partition coefficient (Wildman–Crippen LogP) is 4.21. The SMILES string of the molecule is CC(=O)CCc1cc2ccccc2n1Cc1ccccc1. The van der Waals surface area contributed by atoms with E-state index in [1.807, 2.05) is 6.07 Å². The molecule has 0 N–H and O–H groups in total. The molecular weight excluding hydrogens is 258 g/mol. The molecule has 0 unspecified atom stereocenters. The summed E-state index contributed by atoms with van der Waals surface area (Å²) in [5, 5.41) is 1.24. The molecule has 1 aromatic heterocycles. The highest BCUT2D eigenvalue weighted by molar-refractivity contribution is 5.82. The summed E-state index contributed by atoms with van der Waals surface area (Å²) in [5.41, 5.74) is 3.75. The maximum Gasteiger partial charge on any atom is 0.130 e. The van der Waals surface area contributed by atoms with Crippen LogP contribution in [0.25, 0.3) is 10.9 Å². The van der Waals surface area contributed by atoms with Crippen LogP contribution in [0, 0.1) is 0 Å². The first-order valence-corrected chi connectivity index (χ1v) is 7.34. The van der Waals surface area contributed by atoms with Crippen LogP contribution >= 0.6 is 0 Å². The summed E-state index contributed by atoms with van der Waals surface area (Å²) in [6.45, 7) is 2.51. The average Bonchev–Trinajstić information content (AvgIpc) is 2.84. The fourth-order valence-corrected chi connectivity index (χ4v) is 2.73. The molecule has 2 aromatic carbocycles.